The molecule has 10 nitrogen and oxygen atoms in total. The van der Waals surface area contributed by atoms with Gasteiger partial charge in [0.05, 0.1) is 42.4 Å². The summed E-state index contributed by atoms with van der Waals surface area (Å²) in [5, 5.41) is 10.9. The number of nitrogens with one attached hydrogen (secondary N) is 2. The summed E-state index contributed by atoms with van der Waals surface area (Å²) in [4.78, 5) is 21.9. The lowest BCUT2D eigenvalue weighted by Crippen LogP contribution is -2.46. The van der Waals surface area contributed by atoms with Crippen LogP contribution in [0.15, 0.2) is 55.0 Å². The third-order valence-corrected chi connectivity index (χ3v) is 7.75. The highest BCUT2D eigenvalue weighted by atomic mass is 32.2. The second kappa shape index (κ2) is 9.19. The molecular weight excluding hydrogens is 487 g/mol. The van der Waals surface area contributed by atoms with Gasteiger partial charge in [0.1, 0.15) is 0 Å². The van der Waals surface area contributed by atoms with Gasteiger partial charge >= 0.3 is 0 Å². The summed E-state index contributed by atoms with van der Waals surface area (Å²) in [6.45, 7) is 0. The normalized spacial score (nSPS) is 15.8. The van der Waals surface area contributed by atoms with Gasteiger partial charge < -0.3 is 15.4 Å². The third kappa shape index (κ3) is 4.85. The average Bonchev–Trinajstić information content (AvgIpc) is 3.26. The first-order chi connectivity index (χ1) is 17.2. The van der Waals surface area contributed by atoms with Gasteiger partial charge in [-0.2, -0.15) is 5.10 Å². The van der Waals surface area contributed by atoms with E-state index in [4.69, 9.17) is 4.74 Å². The van der Waals surface area contributed by atoms with Crippen molar-refractivity contribution in [3.63, 3.8) is 0 Å². The lowest BCUT2D eigenvalue weighted by atomic mass is 10.0. The van der Waals surface area contributed by atoms with Crippen LogP contribution in [0, 0.1) is 5.82 Å². The van der Waals surface area contributed by atoms with Crippen LogP contribution in [0.5, 0.6) is 5.75 Å². The number of carbonyl (C=O) groups is 1. The number of ether oxygens (including phenoxy) is 1. The number of halogens is 1. The molecule has 4 aromatic rings. The molecule has 0 spiro atoms. The van der Waals surface area contributed by atoms with E-state index in [-0.39, 0.29) is 29.2 Å². The number of hydrogen-bond acceptors (Lipinski definition) is 8. The summed E-state index contributed by atoms with van der Waals surface area (Å²) in [6.07, 6.45) is 4.97. The summed E-state index contributed by atoms with van der Waals surface area (Å²) in [6, 6.07) is 8.64. The molecule has 1 atom stereocenters. The number of anilines is 1. The van der Waals surface area contributed by atoms with Gasteiger partial charge in [-0.05, 0) is 29.8 Å². The van der Waals surface area contributed by atoms with Crippen molar-refractivity contribution in [1.29, 1.82) is 0 Å². The highest BCUT2D eigenvalue weighted by Gasteiger charge is 2.33. The minimum Gasteiger partial charge on any atom is -0.494 e. The van der Waals surface area contributed by atoms with E-state index in [9.17, 15) is 17.6 Å². The number of aromatic nitrogens is 4. The molecule has 1 aliphatic heterocycles. The van der Waals surface area contributed by atoms with Crippen LogP contribution < -0.4 is 15.4 Å². The van der Waals surface area contributed by atoms with E-state index >= 15 is 0 Å². The molecule has 1 unspecified atom stereocenters. The maximum Gasteiger partial charge on any atom is 0.252 e. The Morgan fingerprint density at radius 3 is 2.64 bits per heavy atom. The highest BCUT2D eigenvalue weighted by Crippen LogP contribution is 2.27. The Hall–Kier alpha value is -4.06. The summed E-state index contributed by atoms with van der Waals surface area (Å²) in [5.41, 5.74) is 2.08. The van der Waals surface area contributed by atoms with E-state index in [1.54, 1.807) is 54.6 Å². The van der Waals surface area contributed by atoms with Crippen LogP contribution in [0.3, 0.4) is 0 Å². The van der Waals surface area contributed by atoms with E-state index in [0.717, 1.165) is 5.39 Å². The van der Waals surface area contributed by atoms with Crippen molar-refractivity contribution in [3.8, 4) is 5.75 Å². The van der Waals surface area contributed by atoms with Crippen molar-refractivity contribution >= 4 is 32.6 Å². The van der Waals surface area contributed by atoms with Gasteiger partial charge in [0, 0.05) is 36.0 Å². The Balaban J connectivity index is 1.41. The van der Waals surface area contributed by atoms with Crippen LogP contribution in [-0.2, 0) is 16.9 Å². The summed E-state index contributed by atoms with van der Waals surface area (Å²) in [5.74, 6) is -0.452. The number of benzene rings is 2. The average molecular weight is 511 g/mol. The fourth-order valence-corrected chi connectivity index (χ4v) is 5.38. The number of nitrogens with zero attached hydrogens (tertiary/aromatic N) is 4. The summed E-state index contributed by atoms with van der Waals surface area (Å²) >= 11 is 0. The van der Waals surface area contributed by atoms with E-state index in [2.05, 4.69) is 25.7 Å². The molecule has 0 saturated carbocycles. The molecule has 1 saturated heterocycles. The Morgan fingerprint density at radius 2 is 1.97 bits per heavy atom. The first-order valence-corrected chi connectivity index (χ1v) is 12.9. The molecule has 2 aromatic heterocycles. The molecular formula is C24H23FN6O4S. The van der Waals surface area contributed by atoms with Crippen LogP contribution in [0.25, 0.3) is 10.9 Å². The number of hydrogen-bond donors (Lipinski definition) is 2. The molecule has 5 rings (SSSR count). The molecule has 1 aliphatic rings. The lowest BCUT2D eigenvalue weighted by Gasteiger charge is -2.26. The number of aryl methyl sites for hydroxylation is 1. The molecule has 1 amide bonds. The van der Waals surface area contributed by atoms with Crippen molar-refractivity contribution in [2.24, 2.45) is 7.05 Å². The number of amides is 1. The zero-order valence-corrected chi connectivity index (χ0v) is 20.3. The van der Waals surface area contributed by atoms with E-state index < -0.39 is 21.7 Å². The quantitative estimate of drug-likeness (QED) is 0.388. The fourth-order valence-electron chi connectivity index (χ4n) is 4.09. The third-order valence-electron chi connectivity index (χ3n) is 5.93. The molecule has 2 aromatic carbocycles. The molecule has 186 valence electrons. The summed E-state index contributed by atoms with van der Waals surface area (Å²) < 4.78 is 43.9. The number of methoxy groups -OCH3 is 1. The van der Waals surface area contributed by atoms with Crippen LogP contribution in [0.4, 0.5) is 10.3 Å². The van der Waals surface area contributed by atoms with Crippen molar-refractivity contribution in [3.05, 3.63) is 77.5 Å². The van der Waals surface area contributed by atoms with Gasteiger partial charge in [-0.15, -0.1) is 0 Å². The maximum atomic E-state index is 14.5. The Bertz CT molecular complexity index is 1560. The molecule has 1 fully saturated rings. The second-order valence-corrected chi connectivity index (χ2v) is 10.8. The number of carbonyl (C=O) groups excluding carboxylic acids is 1. The minimum absolute atomic E-state index is 0.0402. The second-order valence-electron chi connectivity index (χ2n) is 8.63. The largest absolute Gasteiger partial charge is 0.494 e. The molecule has 2 N–H and O–H groups in total. The first kappa shape index (κ1) is 23.7. The van der Waals surface area contributed by atoms with Crippen molar-refractivity contribution in [2.45, 2.75) is 12.1 Å². The Kier molecular flexibility index (Phi) is 6.04. The van der Waals surface area contributed by atoms with Gasteiger partial charge in [-0.3, -0.25) is 9.48 Å². The monoisotopic (exact) mass is 510 g/mol. The minimum atomic E-state index is -2.98. The molecule has 36 heavy (non-hydrogen) atoms. The topological polar surface area (TPSA) is 128 Å². The van der Waals surface area contributed by atoms with E-state index in [0.29, 0.717) is 28.2 Å². The highest BCUT2D eigenvalue weighted by molar-refractivity contribution is 7.92. The molecule has 0 aliphatic carbocycles. The summed E-state index contributed by atoms with van der Waals surface area (Å²) in [7, 11) is 0.159. The van der Waals surface area contributed by atoms with Gasteiger partial charge in [0.2, 0.25) is 5.95 Å². The van der Waals surface area contributed by atoms with Crippen molar-refractivity contribution in [1.82, 2.24) is 25.1 Å². The molecule has 12 heteroatoms. The van der Waals surface area contributed by atoms with Gasteiger partial charge in [-0.25, -0.2) is 22.8 Å². The predicted molar refractivity (Wildman–Crippen MR) is 131 cm³/mol. The van der Waals surface area contributed by atoms with E-state index in [1.165, 1.54) is 19.2 Å². The zero-order valence-electron chi connectivity index (χ0n) is 19.5. The van der Waals surface area contributed by atoms with Crippen molar-refractivity contribution in [2.75, 3.05) is 23.9 Å². The van der Waals surface area contributed by atoms with Crippen LogP contribution in [0.1, 0.15) is 27.5 Å². The van der Waals surface area contributed by atoms with Gasteiger partial charge in [0.15, 0.2) is 21.4 Å². The Morgan fingerprint density at radius 1 is 1.17 bits per heavy atom. The van der Waals surface area contributed by atoms with Gasteiger partial charge in [0.25, 0.3) is 5.91 Å². The standard InChI is InChI=1S/C24H23FN6O4S/c1-31-11-17(10-27-31)22(14-5-6-21(35-2)19(25)7-14)30-23(32)15-3-4-16-9-26-24(29-20(16)8-15)28-18-12-36(33,34)13-18/h3-11,18,22H,12-13H2,1-2H3,(H,30,32)(H,26,28,29). The zero-order chi connectivity index (χ0) is 25.4. The number of sulfone groups is 1. The smallest absolute Gasteiger partial charge is 0.252 e. The Labute approximate surface area is 206 Å². The number of rotatable bonds is 7. The SMILES string of the molecule is COc1ccc(C(NC(=O)c2ccc3cnc(NC4CS(=O)(=O)C4)nc3c2)c2cnn(C)c2)cc1F. The molecule has 0 radical (unpaired) electrons. The fraction of sp³-hybridized carbons (Fsp3) is 0.250. The predicted octanol–water partition coefficient (Wildman–Crippen LogP) is 2.24. The number of fused-ring (bicyclic) bond motifs is 1. The van der Waals surface area contributed by atoms with Crippen LogP contribution in [0.2, 0.25) is 0 Å². The maximum absolute atomic E-state index is 14.5. The first-order valence-electron chi connectivity index (χ1n) is 11.1. The molecule has 3 heterocycles. The van der Waals surface area contributed by atoms with Crippen molar-refractivity contribution < 1.29 is 22.3 Å². The molecule has 0 bridgehead atoms. The van der Waals surface area contributed by atoms with Crippen LogP contribution in [-0.4, -0.2) is 58.7 Å². The van der Waals surface area contributed by atoms with Gasteiger partial charge in [-0.1, -0.05) is 12.1 Å². The lowest BCUT2D eigenvalue weighted by molar-refractivity contribution is 0.0943. The van der Waals surface area contributed by atoms with E-state index in [1.807, 2.05) is 0 Å². The van der Waals surface area contributed by atoms with Crippen LogP contribution >= 0.6 is 0 Å².